The normalized spacial score (nSPS) is 18.3. The highest BCUT2D eigenvalue weighted by Crippen LogP contribution is 2.22. The molecule has 8 heteroatoms. The number of anilines is 2. The van der Waals surface area contributed by atoms with Crippen LogP contribution in [0.4, 0.5) is 11.6 Å². The Bertz CT molecular complexity index is 942. The van der Waals surface area contributed by atoms with E-state index in [4.69, 9.17) is 0 Å². The maximum Gasteiger partial charge on any atom is 0.258 e. The Balaban J connectivity index is 1.74. The van der Waals surface area contributed by atoms with Gasteiger partial charge in [0.15, 0.2) is 9.84 Å². The number of sulfone groups is 1. The zero-order valence-corrected chi connectivity index (χ0v) is 16.6. The van der Waals surface area contributed by atoms with Gasteiger partial charge in [-0.15, -0.1) is 0 Å². The molecule has 7 nitrogen and oxygen atoms in total. The Morgan fingerprint density at radius 1 is 1.26 bits per heavy atom. The van der Waals surface area contributed by atoms with Gasteiger partial charge in [0.1, 0.15) is 0 Å². The van der Waals surface area contributed by atoms with Crippen molar-refractivity contribution in [2.24, 2.45) is 0 Å². The summed E-state index contributed by atoms with van der Waals surface area (Å²) in [6.07, 6.45) is 3.54. The number of carbonyl (C=O) groups is 1. The van der Waals surface area contributed by atoms with E-state index in [1.807, 2.05) is 43.9 Å². The topological polar surface area (TPSA) is 92.3 Å². The van der Waals surface area contributed by atoms with Crippen molar-refractivity contribution in [2.75, 3.05) is 28.3 Å². The van der Waals surface area contributed by atoms with Gasteiger partial charge in [-0.25, -0.2) is 18.4 Å². The van der Waals surface area contributed by atoms with Gasteiger partial charge in [0.05, 0.1) is 17.1 Å². The minimum Gasteiger partial charge on any atom is -0.337 e. The van der Waals surface area contributed by atoms with Crippen molar-refractivity contribution in [1.29, 1.82) is 0 Å². The lowest BCUT2D eigenvalue weighted by atomic mass is 10.1. The highest BCUT2D eigenvalue weighted by molar-refractivity contribution is 7.91. The molecule has 1 aromatic heterocycles. The molecule has 1 saturated heterocycles. The van der Waals surface area contributed by atoms with Crippen LogP contribution in [0.1, 0.15) is 34.8 Å². The highest BCUT2D eigenvalue weighted by Gasteiger charge is 2.32. The molecule has 1 unspecified atom stereocenters. The summed E-state index contributed by atoms with van der Waals surface area (Å²) in [4.78, 5) is 23.0. The predicted molar refractivity (Wildman–Crippen MR) is 106 cm³/mol. The Labute approximate surface area is 159 Å². The molecule has 0 radical (unpaired) electrons. The van der Waals surface area contributed by atoms with E-state index in [-0.39, 0.29) is 23.5 Å². The molecular formula is C19H24N4O3S. The summed E-state index contributed by atoms with van der Waals surface area (Å²) >= 11 is 0. The summed E-state index contributed by atoms with van der Waals surface area (Å²) in [6, 6.07) is 5.75. The fourth-order valence-corrected chi connectivity index (χ4v) is 4.97. The number of nitrogens with one attached hydrogen (secondary N) is 1. The SMILES string of the molecule is CCN(c1ncc(C(=O)Nc2cc(C)ccc2C)cn1)C1CCS(=O)(=O)C1. The molecule has 0 spiro atoms. The van der Waals surface area contributed by atoms with Crippen LogP contribution in [0, 0.1) is 13.8 Å². The third-order valence-electron chi connectivity index (χ3n) is 4.79. The van der Waals surface area contributed by atoms with E-state index in [0.717, 1.165) is 16.8 Å². The molecule has 1 aliphatic heterocycles. The Morgan fingerprint density at radius 2 is 1.96 bits per heavy atom. The highest BCUT2D eigenvalue weighted by atomic mass is 32.2. The minimum absolute atomic E-state index is 0.116. The van der Waals surface area contributed by atoms with Crippen LogP contribution >= 0.6 is 0 Å². The number of aryl methyl sites for hydroxylation is 2. The van der Waals surface area contributed by atoms with Crippen molar-refractivity contribution < 1.29 is 13.2 Å². The van der Waals surface area contributed by atoms with Crippen molar-refractivity contribution in [3.63, 3.8) is 0 Å². The molecule has 1 aliphatic rings. The number of benzene rings is 1. The number of aromatic nitrogens is 2. The molecule has 1 aromatic carbocycles. The quantitative estimate of drug-likeness (QED) is 0.845. The van der Waals surface area contributed by atoms with Gasteiger partial charge in [-0.2, -0.15) is 0 Å². The Morgan fingerprint density at radius 3 is 2.56 bits per heavy atom. The fraction of sp³-hybridized carbons (Fsp3) is 0.421. The van der Waals surface area contributed by atoms with Gasteiger partial charge in [0.2, 0.25) is 5.95 Å². The number of hydrogen-bond acceptors (Lipinski definition) is 6. The van der Waals surface area contributed by atoms with Crippen LogP contribution in [0.3, 0.4) is 0 Å². The second-order valence-corrected chi connectivity index (χ2v) is 9.12. The molecule has 0 aliphatic carbocycles. The number of hydrogen-bond donors (Lipinski definition) is 1. The van der Waals surface area contributed by atoms with Gasteiger partial charge in [0.25, 0.3) is 5.91 Å². The van der Waals surface area contributed by atoms with Gasteiger partial charge >= 0.3 is 0 Å². The molecule has 2 heterocycles. The lowest BCUT2D eigenvalue weighted by Gasteiger charge is -2.26. The van der Waals surface area contributed by atoms with E-state index in [2.05, 4.69) is 15.3 Å². The van der Waals surface area contributed by atoms with E-state index in [1.54, 1.807) is 0 Å². The van der Waals surface area contributed by atoms with Crippen LogP contribution in [0.15, 0.2) is 30.6 Å². The van der Waals surface area contributed by atoms with Gasteiger partial charge in [-0.05, 0) is 44.4 Å². The standard InChI is InChI=1S/C19H24N4O3S/c1-4-23(16-7-8-27(25,26)12-16)19-20-10-15(11-21-19)18(24)22-17-9-13(2)5-6-14(17)3/h5-6,9-11,16H,4,7-8,12H2,1-3H3,(H,22,24). The first-order valence-electron chi connectivity index (χ1n) is 8.97. The number of carbonyl (C=O) groups excluding carboxylic acids is 1. The molecule has 1 atom stereocenters. The molecule has 0 saturated carbocycles. The first-order chi connectivity index (χ1) is 12.8. The average molecular weight is 388 g/mol. The number of rotatable bonds is 5. The van der Waals surface area contributed by atoms with Crippen molar-refractivity contribution >= 4 is 27.4 Å². The summed E-state index contributed by atoms with van der Waals surface area (Å²) < 4.78 is 23.5. The summed E-state index contributed by atoms with van der Waals surface area (Å²) in [5.41, 5.74) is 3.16. The number of amides is 1. The maximum absolute atomic E-state index is 12.5. The summed E-state index contributed by atoms with van der Waals surface area (Å²) in [5, 5.41) is 2.88. The van der Waals surface area contributed by atoms with Gasteiger partial charge in [-0.3, -0.25) is 4.79 Å². The van der Waals surface area contributed by atoms with Gasteiger partial charge in [-0.1, -0.05) is 12.1 Å². The molecule has 0 bridgehead atoms. The maximum atomic E-state index is 12.5. The van der Waals surface area contributed by atoms with E-state index < -0.39 is 9.84 Å². The zero-order valence-electron chi connectivity index (χ0n) is 15.8. The molecule has 3 rings (SSSR count). The molecule has 144 valence electrons. The molecule has 1 amide bonds. The third kappa shape index (κ3) is 4.44. The lowest BCUT2D eigenvalue weighted by molar-refractivity contribution is 0.102. The second kappa shape index (κ2) is 7.64. The zero-order chi connectivity index (χ0) is 19.6. The van der Waals surface area contributed by atoms with Crippen LogP contribution in [0.2, 0.25) is 0 Å². The largest absolute Gasteiger partial charge is 0.337 e. The number of nitrogens with zero attached hydrogens (tertiary/aromatic N) is 3. The van der Waals surface area contributed by atoms with E-state index in [1.165, 1.54) is 12.4 Å². The van der Waals surface area contributed by atoms with E-state index in [9.17, 15) is 13.2 Å². The first-order valence-corrected chi connectivity index (χ1v) is 10.8. The predicted octanol–water partition coefficient (Wildman–Crippen LogP) is 2.36. The molecule has 27 heavy (non-hydrogen) atoms. The van der Waals surface area contributed by atoms with Crippen molar-refractivity contribution in [1.82, 2.24) is 9.97 Å². The van der Waals surface area contributed by atoms with Crippen LogP contribution in [0.5, 0.6) is 0 Å². The molecule has 2 aromatic rings. The minimum atomic E-state index is -2.98. The van der Waals surface area contributed by atoms with Gasteiger partial charge in [0, 0.05) is 30.7 Å². The van der Waals surface area contributed by atoms with Crippen molar-refractivity contribution in [3.8, 4) is 0 Å². The summed E-state index contributed by atoms with van der Waals surface area (Å²) in [6.45, 7) is 6.45. The van der Waals surface area contributed by atoms with Crippen LogP contribution in [-0.4, -0.2) is 48.4 Å². The summed E-state index contributed by atoms with van der Waals surface area (Å²) in [5.74, 6) is 0.494. The van der Waals surface area contributed by atoms with Crippen LogP contribution in [-0.2, 0) is 9.84 Å². The molecule has 1 fully saturated rings. The first kappa shape index (κ1) is 19.3. The van der Waals surface area contributed by atoms with Crippen LogP contribution in [0.25, 0.3) is 0 Å². The summed E-state index contributed by atoms with van der Waals surface area (Å²) in [7, 11) is -2.98. The fourth-order valence-electron chi connectivity index (χ4n) is 3.24. The molecular weight excluding hydrogens is 364 g/mol. The second-order valence-electron chi connectivity index (χ2n) is 6.89. The average Bonchev–Trinajstić information content (AvgIpc) is 2.99. The van der Waals surface area contributed by atoms with Crippen molar-refractivity contribution in [3.05, 3.63) is 47.3 Å². The monoisotopic (exact) mass is 388 g/mol. The van der Waals surface area contributed by atoms with Gasteiger partial charge < -0.3 is 10.2 Å². The lowest BCUT2D eigenvalue weighted by Crippen LogP contribution is -2.37. The Kier molecular flexibility index (Phi) is 5.46. The smallest absolute Gasteiger partial charge is 0.258 e. The van der Waals surface area contributed by atoms with Crippen LogP contribution < -0.4 is 10.2 Å². The van der Waals surface area contributed by atoms with E-state index in [0.29, 0.717) is 24.5 Å². The van der Waals surface area contributed by atoms with E-state index >= 15 is 0 Å². The Hall–Kier alpha value is -2.48. The molecule has 1 N–H and O–H groups in total. The van der Waals surface area contributed by atoms with Crippen molar-refractivity contribution in [2.45, 2.75) is 33.2 Å². The third-order valence-corrected chi connectivity index (χ3v) is 6.54.